The molecule has 0 saturated carbocycles. The van der Waals surface area contributed by atoms with E-state index in [1.54, 1.807) is 6.92 Å². The van der Waals surface area contributed by atoms with Crippen LogP contribution in [0.1, 0.15) is 6.92 Å². The Morgan fingerprint density at radius 3 is 2.12 bits per heavy atom. The third-order valence-corrected chi connectivity index (χ3v) is 0.312. The summed E-state index contributed by atoms with van der Waals surface area (Å²) in [6.45, 7) is 1.69. The van der Waals surface area contributed by atoms with Crippen LogP contribution in [-0.2, 0) is 20.1 Å². The van der Waals surface area contributed by atoms with Crippen LogP contribution >= 0.6 is 0 Å². The summed E-state index contributed by atoms with van der Waals surface area (Å²) in [7, 11) is 0. The van der Waals surface area contributed by atoms with Crippen molar-refractivity contribution in [3.63, 3.8) is 0 Å². The molecule has 0 saturated heterocycles. The van der Waals surface area contributed by atoms with E-state index in [4.69, 9.17) is 6.42 Å². The summed E-state index contributed by atoms with van der Waals surface area (Å²) in [5, 5.41) is 0. The second kappa shape index (κ2) is 9.59. The molecular formula is C7H3Ir-. The third-order valence-electron chi connectivity index (χ3n) is 0.312. The molecule has 41 valence electrons. The Hall–Kier alpha value is -0.671. The van der Waals surface area contributed by atoms with Gasteiger partial charge in [-0.2, -0.15) is 0 Å². The molecule has 0 spiro atoms. The van der Waals surface area contributed by atoms with Crippen LogP contribution in [0, 0.1) is 36.0 Å². The van der Waals surface area contributed by atoms with Crippen molar-refractivity contribution < 1.29 is 20.1 Å². The molecule has 0 bridgehead atoms. The first-order chi connectivity index (χ1) is 3.41. The molecule has 0 heterocycles. The van der Waals surface area contributed by atoms with Crippen molar-refractivity contribution in [2.75, 3.05) is 0 Å². The van der Waals surface area contributed by atoms with E-state index >= 15 is 0 Å². The molecule has 0 N–H and O–H groups in total. The van der Waals surface area contributed by atoms with Crippen LogP contribution in [0.2, 0.25) is 0 Å². The molecule has 0 unspecified atom stereocenters. The van der Waals surface area contributed by atoms with Crippen molar-refractivity contribution in [2.45, 2.75) is 6.92 Å². The summed E-state index contributed by atoms with van der Waals surface area (Å²) in [4.78, 5) is 0. The van der Waals surface area contributed by atoms with E-state index < -0.39 is 0 Å². The predicted molar refractivity (Wildman–Crippen MR) is 28.4 cm³/mol. The smallest absolute Gasteiger partial charge is 0 e. The molecule has 0 aliphatic heterocycles. The Morgan fingerprint density at radius 1 is 1.12 bits per heavy atom. The maximum atomic E-state index is 6.29. The molecule has 8 heavy (non-hydrogen) atoms. The van der Waals surface area contributed by atoms with E-state index in [0.717, 1.165) is 0 Å². The molecule has 0 aliphatic carbocycles. The summed E-state index contributed by atoms with van der Waals surface area (Å²) in [6, 6.07) is 0. The summed E-state index contributed by atoms with van der Waals surface area (Å²) < 4.78 is 0. The van der Waals surface area contributed by atoms with E-state index in [-0.39, 0.29) is 20.1 Å². The number of hydrogen-bond acceptors (Lipinski definition) is 0. The fraction of sp³-hybridized carbons (Fsp3) is 0.143. The average molecular weight is 279 g/mol. The van der Waals surface area contributed by atoms with Gasteiger partial charge in [-0.15, -0.1) is 5.92 Å². The summed E-state index contributed by atoms with van der Waals surface area (Å²) in [5.74, 6) is 11.5. The molecule has 0 aliphatic rings. The standard InChI is InChI=1S/C7H3.Ir/c1-3-5-7-6-4-2;/h1H3;/q-1;. The van der Waals surface area contributed by atoms with E-state index in [1.807, 2.05) is 5.92 Å². The molecule has 1 radical (unpaired) electrons. The second-order valence-corrected chi connectivity index (χ2v) is 0.750. The number of hydrogen-bond donors (Lipinski definition) is 0. The van der Waals surface area contributed by atoms with Gasteiger partial charge >= 0.3 is 0 Å². The van der Waals surface area contributed by atoms with Crippen LogP contribution in [0.15, 0.2) is 0 Å². The molecule has 0 amide bonds. The van der Waals surface area contributed by atoms with Gasteiger partial charge in [-0.25, -0.2) is 5.92 Å². The zero-order valence-electron chi connectivity index (χ0n) is 4.33. The Labute approximate surface area is 63.4 Å². The van der Waals surface area contributed by atoms with Gasteiger partial charge in [0.15, 0.2) is 0 Å². The Morgan fingerprint density at radius 2 is 1.75 bits per heavy atom. The summed E-state index contributed by atoms with van der Waals surface area (Å²) in [5.41, 5.74) is 0. The topological polar surface area (TPSA) is 0 Å². The van der Waals surface area contributed by atoms with E-state index in [2.05, 4.69) is 23.7 Å². The number of rotatable bonds is 0. The van der Waals surface area contributed by atoms with Crippen LogP contribution in [0.5, 0.6) is 0 Å². The molecule has 0 rings (SSSR count). The Balaban J connectivity index is 0. The van der Waals surface area contributed by atoms with Crippen molar-refractivity contribution in [1.29, 1.82) is 0 Å². The summed E-state index contributed by atoms with van der Waals surface area (Å²) >= 11 is 0. The minimum atomic E-state index is 0. The maximum Gasteiger partial charge on any atom is 0 e. The van der Waals surface area contributed by atoms with Crippen LogP contribution in [0.3, 0.4) is 0 Å². The monoisotopic (exact) mass is 280 g/mol. The fourth-order valence-electron chi connectivity index (χ4n) is 0.125. The molecule has 0 aromatic rings. The first-order valence-electron chi connectivity index (χ1n) is 1.75. The van der Waals surface area contributed by atoms with E-state index in [0.29, 0.717) is 0 Å². The van der Waals surface area contributed by atoms with Crippen LogP contribution in [0.4, 0.5) is 0 Å². The first-order valence-corrected chi connectivity index (χ1v) is 1.75. The van der Waals surface area contributed by atoms with E-state index in [1.165, 1.54) is 0 Å². The largest absolute Gasteiger partial charge is 0.358 e. The normalized spacial score (nSPS) is 3.00. The molecular weight excluding hydrogens is 276 g/mol. The summed E-state index contributed by atoms with van der Waals surface area (Å²) in [6.07, 6.45) is 6.29. The van der Waals surface area contributed by atoms with Crippen molar-refractivity contribution in [3.8, 4) is 29.6 Å². The third kappa shape index (κ3) is 9.01. The molecule has 0 aromatic carbocycles. The van der Waals surface area contributed by atoms with Gasteiger partial charge in [0.2, 0.25) is 0 Å². The fourth-order valence-corrected chi connectivity index (χ4v) is 0.125. The Kier molecular flexibility index (Phi) is 12.4. The maximum absolute atomic E-state index is 6.29. The molecule has 0 fully saturated rings. The van der Waals surface area contributed by atoms with Crippen molar-refractivity contribution in [1.82, 2.24) is 0 Å². The predicted octanol–water partition coefficient (Wildman–Crippen LogP) is 0.600. The van der Waals surface area contributed by atoms with Crippen LogP contribution < -0.4 is 0 Å². The molecule has 0 nitrogen and oxygen atoms in total. The zero-order chi connectivity index (χ0) is 5.54. The van der Waals surface area contributed by atoms with Crippen molar-refractivity contribution in [3.05, 3.63) is 6.42 Å². The average Bonchev–Trinajstić information content (AvgIpc) is 1.69. The Bertz CT molecular complexity index is 186. The minimum Gasteiger partial charge on any atom is -0.358 e. The van der Waals surface area contributed by atoms with Gasteiger partial charge in [-0.1, -0.05) is 5.92 Å². The van der Waals surface area contributed by atoms with Gasteiger partial charge in [0, 0.05) is 20.1 Å². The van der Waals surface area contributed by atoms with Gasteiger partial charge in [-0.3, -0.25) is 5.92 Å². The van der Waals surface area contributed by atoms with E-state index in [9.17, 15) is 0 Å². The van der Waals surface area contributed by atoms with Crippen molar-refractivity contribution in [2.24, 2.45) is 0 Å². The molecule has 0 aromatic heterocycles. The van der Waals surface area contributed by atoms with Crippen LogP contribution in [-0.4, -0.2) is 0 Å². The van der Waals surface area contributed by atoms with Gasteiger partial charge in [0.25, 0.3) is 0 Å². The van der Waals surface area contributed by atoms with Gasteiger partial charge in [0.1, 0.15) is 0 Å². The van der Waals surface area contributed by atoms with Crippen molar-refractivity contribution >= 4 is 0 Å². The quantitative estimate of drug-likeness (QED) is 0.450. The second-order valence-electron chi connectivity index (χ2n) is 0.750. The first kappa shape index (κ1) is 10.3. The SMILES string of the molecule is [C-]#CC#CC#CC.[Ir]. The minimum absolute atomic E-state index is 0. The molecule has 1 heteroatoms. The zero-order valence-corrected chi connectivity index (χ0v) is 6.73. The molecule has 0 atom stereocenters. The van der Waals surface area contributed by atoms with Gasteiger partial charge in [0.05, 0.1) is 0 Å². The van der Waals surface area contributed by atoms with Gasteiger partial charge < -0.3 is 6.42 Å². The van der Waals surface area contributed by atoms with Crippen LogP contribution in [0.25, 0.3) is 0 Å². The van der Waals surface area contributed by atoms with Gasteiger partial charge in [-0.05, 0) is 12.8 Å².